The molecule has 134 valence electrons. The summed E-state index contributed by atoms with van der Waals surface area (Å²) in [6.45, 7) is -0.188. The fourth-order valence-corrected chi connectivity index (χ4v) is 3.03. The van der Waals surface area contributed by atoms with Gasteiger partial charge in [0.1, 0.15) is 6.54 Å². The molecule has 0 saturated carbocycles. The number of hydrogen-bond donors (Lipinski definition) is 1. The van der Waals surface area contributed by atoms with Gasteiger partial charge in [0.2, 0.25) is 5.91 Å². The number of nitro benzene ring substituents is 1. The van der Waals surface area contributed by atoms with E-state index in [0.29, 0.717) is 11.4 Å². The minimum absolute atomic E-state index is 0.0765. The smallest absolute Gasteiger partial charge is 0.331 e. The van der Waals surface area contributed by atoms with Crippen LogP contribution in [0.25, 0.3) is 0 Å². The van der Waals surface area contributed by atoms with Crippen LogP contribution in [0.15, 0.2) is 47.4 Å². The number of carbonyl (C=O) groups is 2. The Morgan fingerprint density at radius 2 is 2.15 bits per heavy atom. The van der Waals surface area contributed by atoms with E-state index in [2.05, 4.69) is 5.32 Å². The van der Waals surface area contributed by atoms with Crippen LogP contribution in [-0.4, -0.2) is 36.1 Å². The second kappa shape index (κ2) is 7.44. The lowest BCUT2D eigenvalue weighted by molar-refractivity contribution is -0.384. The van der Waals surface area contributed by atoms with Crippen LogP contribution < -0.4 is 15.0 Å². The first kappa shape index (κ1) is 17.7. The van der Waals surface area contributed by atoms with Crippen molar-refractivity contribution in [1.82, 2.24) is 0 Å². The highest BCUT2D eigenvalue weighted by atomic mass is 32.2. The molecule has 0 aliphatic carbocycles. The Bertz CT molecular complexity index is 886. The average Bonchev–Trinajstić information content (AvgIpc) is 2.61. The maximum Gasteiger partial charge on any atom is 0.331 e. The third-order valence-electron chi connectivity index (χ3n) is 3.73. The number of amides is 1. The van der Waals surface area contributed by atoms with Crippen LogP contribution in [0.1, 0.15) is 0 Å². The Morgan fingerprint density at radius 3 is 2.88 bits per heavy atom. The van der Waals surface area contributed by atoms with Gasteiger partial charge in [0.15, 0.2) is 5.75 Å². The van der Waals surface area contributed by atoms with Crippen LogP contribution >= 0.6 is 11.8 Å². The van der Waals surface area contributed by atoms with Gasteiger partial charge in [0.05, 0.1) is 23.2 Å². The van der Waals surface area contributed by atoms with Crippen molar-refractivity contribution in [1.29, 1.82) is 0 Å². The van der Waals surface area contributed by atoms with E-state index < -0.39 is 10.9 Å². The van der Waals surface area contributed by atoms with Crippen LogP contribution in [0, 0.1) is 10.1 Å². The Labute approximate surface area is 153 Å². The lowest BCUT2D eigenvalue weighted by Crippen LogP contribution is -2.41. The number of anilines is 2. The lowest BCUT2D eigenvalue weighted by atomic mass is 10.2. The largest absolute Gasteiger partial charge is 0.423 e. The summed E-state index contributed by atoms with van der Waals surface area (Å²) in [6.07, 6.45) is 1.94. The third kappa shape index (κ3) is 3.94. The minimum atomic E-state index is -0.574. The number of non-ortho nitro benzene ring substituents is 1. The molecular weight excluding hydrogens is 358 g/mol. The number of carbonyl (C=O) groups excluding carboxylic acids is 2. The molecule has 1 aliphatic rings. The highest BCUT2D eigenvalue weighted by Crippen LogP contribution is 2.35. The first-order valence-corrected chi connectivity index (χ1v) is 8.86. The summed E-state index contributed by atoms with van der Waals surface area (Å²) in [5, 5.41) is 13.7. The molecule has 0 unspecified atom stereocenters. The SMILES string of the molecule is CSc1cccc(NC(=O)CN2CC(=O)Oc3cc([N+](=O)[O-])ccc32)c1. The highest BCUT2D eigenvalue weighted by molar-refractivity contribution is 7.98. The summed E-state index contributed by atoms with van der Waals surface area (Å²) < 4.78 is 5.06. The molecule has 0 aromatic heterocycles. The highest BCUT2D eigenvalue weighted by Gasteiger charge is 2.27. The summed E-state index contributed by atoms with van der Waals surface area (Å²) in [5.41, 5.74) is 0.935. The van der Waals surface area contributed by atoms with Crippen LogP contribution in [-0.2, 0) is 9.59 Å². The Kier molecular flexibility index (Phi) is 5.08. The molecule has 26 heavy (non-hydrogen) atoms. The van der Waals surface area contributed by atoms with Gasteiger partial charge >= 0.3 is 5.97 Å². The van der Waals surface area contributed by atoms with Gasteiger partial charge in [0, 0.05) is 16.6 Å². The van der Waals surface area contributed by atoms with Gasteiger partial charge in [0.25, 0.3) is 5.69 Å². The number of fused-ring (bicyclic) bond motifs is 1. The van der Waals surface area contributed by atoms with Crippen molar-refractivity contribution in [2.75, 3.05) is 29.6 Å². The average molecular weight is 373 g/mol. The van der Waals surface area contributed by atoms with Crippen molar-refractivity contribution in [3.05, 3.63) is 52.6 Å². The summed E-state index contributed by atoms with van der Waals surface area (Å²) in [5.74, 6) is -0.801. The van der Waals surface area contributed by atoms with Gasteiger partial charge < -0.3 is 15.0 Å². The maximum absolute atomic E-state index is 12.4. The van der Waals surface area contributed by atoms with E-state index in [1.165, 1.54) is 23.1 Å². The van der Waals surface area contributed by atoms with E-state index in [0.717, 1.165) is 4.90 Å². The normalized spacial score (nSPS) is 13.0. The van der Waals surface area contributed by atoms with Gasteiger partial charge in [-0.15, -0.1) is 11.8 Å². The summed E-state index contributed by atoms with van der Waals surface area (Å²) in [6, 6.07) is 11.4. The van der Waals surface area contributed by atoms with Crippen molar-refractivity contribution in [3.8, 4) is 5.75 Å². The Balaban J connectivity index is 1.76. The first-order chi connectivity index (χ1) is 12.5. The lowest BCUT2D eigenvalue weighted by Gasteiger charge is -2.28. The number of benzene rings is 2. The Hall–Kier alpha value is -3.07. The van der Waals surface area contributed by atoms with Crippen molar-refractivity contribution in [3.63, 3.8) is 0 Å². The van der Waals surface area contributed by atoms with Gasteiger partial charge in [-0.05, 0) is 30.5 Å². The molecule has 0 radical (unpaired) electrons. The number of ether oxygens (including phenoxy) is 1. The summed E-state index contributed by atoms with van der Waals surface area (Å²) >= 11 is 1.56. The van der Waals surface area contributed by atoms with Crippen LogP contribution in [0.2, 0.25) is 0 Å². The molecule has 8 nitrogen and oxygen atoms in total. The van der Waals surface area contributed by atoms with Crippen molar-refractivity contribution in [2.24, 2.45) is 0 Å². The number of nitrogens with zero attached hydrogens (tertiary/aromatic N) is 2. The maximum atomic E-state index is 12.4. The molecule has 2 aromatic rings. The molecule has 0 atom stereocenters. The quantitative estimate of drug-likeness (QED) is 0.283. The molecule has 0 spiro atoms. The number of nitrogens with one attached hydrogen (secondary N) is 1. The van der Waals surface area contributed by atoms with E-state index in [1.54, 1.807) is 17.8 Å². The van der Waals surface area contributed by atoms with Gasteiger partial charge in [-0.3, -0.25) is 14.9 Å². The zero-order chi connectivity index (χ0) is 18.7. The monoisotopic (exact) mass is 373 g/mol. The second-order valence-electron chi connectivity index (χ2n) is 5.52. The Morgan fingerprint density at radius 1 is 1.35 bits per heavy atom. The van der Waals surface area contributed by atoms with Gasteiger partial charge in [-0.25, -0.2) is 4.79 Å². The zero-order valence-corrected chi connectivity index (χ0v) is 14.6. The van der Waals surface area contributed by atoms with Crippen LogP contribution in [0.3, 0.4) is 0 Å². The van der Waals surface area contributed by atoms with Crippen LogP contribution in [0.5, 0.6) is 5.75 Å². The first-order valence-electron chi connectivity index (χ1n) is 7.64. The molecule has 1 heterocycles. The number of rotatable bonds is 5. The van der Waals surface area contributed by atoms with E-state index in [-0.39, 0.29) is 30.4 Å². The molecule has 1 aliphatic heterocycles. The van der Waals surface area contributed by atoms with Gasteiger partial charge in [-0.2, -0.15) is 0 Å². The van der Waals surface area contributed by atoms with E-state index >= 15 is 0 Å². The molecule has 0 saturated heterocycles. The summed E-state index contributed by atoms with van der Waals surface area (Å²) in [7, 11) is 0. The minimum Gasteiger partial charge on any atom is -0.423 e. The molecule has 0 bridgehead atoms. The molecule has 9 heteroatoms. The predicted molar refractivity (Wildman–Crippen MR) is 97.8 cm³/mol. The van der Waals surface area contributed by atoms with E-state index in [9.17, 15) is 19.7 Å². The van der Waals surface area contributed by atoms with Crippen molar-refractivity contribution < 1.29 is 19.2 Å². The number of hydrogen-bond acceptors (Lipinski definition) is 7. The van der Waals surface area contributed by atoms with E-state index in [1.807, 2.05) is 24.5 Å². The number of nitro groups is 1. The van der Waals surface area contributed by atoms with Gasteiger partial charge in [-0.1, -0.05) is 6.07 Å². The number of thioether (sulfide) groups is 1. The molecule has 2 aromatic carbocycles. The fourth-order valence-electron chi connectivity index (χ4n) is 2.57. The molecule has 3 rings (SSSR count). The molecule has 1 N–H and O–H groups in total. The number of esters is 1. The van der Waals surface area contributed by atoms with Crippen molar-refractivity contribution in [2.45, 2.75) is 4.90 Å². The molecular formula is C17H15N3O5S. The van der Waals surface area contributed by atoms with Crippen molar-refractivity contribution >= 4 is 40.7 Å². The predicted octanol–water partition coefficient (Wildman–Crippen LogP) is 2.68. The molecule has 1 amide bonds. The third-order valence-corrected chi connectivity index (χ3v) is 4.45. The topological polar surface area (TPSA) is 102 Å². The van der Waals surface area contributed by atoms with E-state index in [4.69, 9.17) is 4.74 Å². The van der Waals surface area contributed by atoms with Crippen LogP contribution in [0.4, 0.5) is 17.1 Å². The fraction of sp³-hybridized carbons (Fsp3) is 0.176. The summed E-state index contributed by atoms with van der Waals surface area (Å²) in [4.78, 5) is 37.0. The second-order valence-corrected chi connectivity index (χ2v) is 6.40. The standard InChI is InChI=1S/C17H15N3O5S/c1-26-13-4-2-3-11(7-13)18-16(21)9-19-10-17(22)25-15-8-12(20(23)24)5-6-14(15)19/h2-8H,9-10H2,1H3,(H,18,21). The molecule has 0 fully saturated rings. The zero-order valence-electron chi connectivity index (χ0n) is 13.8.